The van der Waals surface area contributed by atoms with Crippen LogP contribution in [-0.4, -0.2) is 35.3 Å². The predicted octanol–water partition coefficient (Wildman–Crippen LogP) is 5.85. The first-order chi connectivity index (χ1) is 13.4. The van der Waals surface area contributed by atoms with Crippen molar-refractivity contribution in [2.24, 2.45) is 10.9 Å². The predicted molar refractivity (Wildman–Crippen MR) is 120 cm³/mol. The van der Waals surface area contributed by atoms with E-state index in [-0.39, 0.29) is 5.54 Å². The molecule has 2 saturated heterocycles. The number of nitrogens with one attached hydrogen (secondary N) is 1. The van der Waals surface area contributed by atoms with Gasteiger partial charge in [-0.3, -0.25) is 9.89 Å². The molecule has 2 aliphatic heterocycles. The van der Waals surface area contributed by atoms with Crippen LogP contribution < -0.4 is 5.32 Å². The van der Waals surface area contributed by atoms with E-state index in [1.54, 1.807) is 5.57 Å². The minimum absolute atomic E-state index is 0.249. The largest absolute Gasteiger partial charge is 0.380 e. The molecule has 2 bridgehead atoms. The fourth-order valence-corrected chi connectivity index (χ4v) is 5.14. The molecule has 0 spiro atoms. The van der Waals surface area contributed by atoms with Crippen molar-refractivity contribution >= 4 is 17.1 Å². The highest BCUT2D eigenvalue weighted by Gasteiger charge is 2.51. The Kier molecular flexibility index (Phi) is 5.39. The van der Waals surface area contributed by atoms with Gasteiger partial charge in [0.05, 0.1) is 5.69 Å². The molecule has 2 heterocycles. The van der Waals surface area contributed by atoms with Crippen LogP contribution in [-0.2, 0) is 0 Å². The third kappa shape index (κ3) is 3.78. The fourth-order valence-electron chi connectivity index (χ4n) is 5.14. The summed E-state index contributed by atoms with van der Waals surface area (Å²) in [5, 5.41) is 4.03. The maximum Gasteiger partial charge on any atom is 0.0658 e. The average molecular weight is 380 g/mol. The molecule has 1 aromatic carbocycles. The van der Waals surface area contributed by atoms with E-state index in [9.17, 15) is 0 Å². The first kappa shape index (κ1) is 19.7. The Bertz CT molecular complexity index is 796. The van der Waals surface area contributed by atoms with Crippen LogP contribution in [0.5, 0.6) is 0 Å². The van der Waals surface area contributed by atoms with Crippen LogP contribution in [0.1, 0.15) is 77.3 Å². The molecule has 3 heteroatoms. The van der Waals surface area contributed by atoms with E-state index < -0.39 is 0 Å². The zero-order valence-electron chi connectivity index (χ0n) is 18.4. The van der Waals surface area contributed by atoms with Crippen LogP contribution in [0.15, 0.2) is 28.8 Å². The van der Waals surface area contributed by atoms with Gasteiger partial charge in [-0.05, 0) is 101 Å². The van der Waals surface area contributed by atoms with Gasteiger partial charge in [0.25, 0.3) is 0 Å². The van der Waals surface area contributed by atoms with Crippen molar-refractivity contribution in [3.63, 3.8) is 0 Å². The van der Waals surface area contributed by atoms with Crippen LogP contribution in [0, 0.1) is 12.8 Å². The Hall–Kier alpha value is -1.61. The standard InChI is InChI=1S/C25H37N3/c1-6-7-8-18(3)26-22-12-11-20(15-17(22)2)23(19-9-10-19)27-24-21-13-14-28(16-21)25(24,4)5/h11-12,15,21,24,27H,6-10,13-14,16H2,1-5H3. The SMILES string of the molecule is CCCCC(C)=Nc1ccc(C(NC2C3CCN(C3)C2(C)C)=C2CC2)cc1C. The zero-order chi connectivity index (χ0) is 19.9. The quantitative estimate of drug-likeness (QED) is 0.601. The summed E-state index contributed by atoms with van der Waals surface area (Å²) in [5.41, 5.74) is 8.27. The number of benzene rings is 1. The fraction of sp³-hybridized carbons (Fsp3) is 0.640. The number of allylic oxidation sites excluding steroid dienone is 1. The van der Waals surface area contributed by atoms with Crippen LogP contribution in [0.25, 0.3) is 5.70 Å². The van der Waals surface area contributed by atoms with Crippen molar-refractivity contribution in [2.75, 3.05) is 13.1 Å². The molecule has 0 amide bonds. The lowest BCUT2D eigenvalue weighted by atomic mass is 9.84. The van der Waals surface area contributed by atoms with E-state index in [1.807, 2.05) is 0 Å². The second-order valence-corrected chi connectivity index (χ2v) is 9.70. The molecule has 152 valence electrons. The number of aliphatic imine (C=N–C) groups is 1. The molecule has 1 aliphatic carbocycles. The molecule has 3 nitrogen and oxygen atoms in total. The Labute approximate surface area is 171 Å². The van der Waals surface area contributed by atoms with E-state index in [0.29, 0.717) is 6.04 Å². The normalized spacial score (nSPS) is 28.0. The Morgan fingerprint density at radius 3 is 2.68 bits per heavy atom. The highest BCUT2D eigenvalue weighted by Crippen LogP contribution is 2.43. The molecule has 3 atom stereocenters. The summed E-state index contributed by atoms with van der Waals surface area (Å²) in [7, 11) is 0. The summed E-state index contributed by atoms with van der Waals surface area (Å²) in [4.78, 5) is 7.56. The van der Waals surface area contributed by atoms with Crippen LogP contribution in [0.3, 0.4) is 0 Å². The Morgan fingerprint density at radius 1 is 1.29 bits per heavy atom. The minimum Gasteiger partial charge on any atom is -0.380 e. The molecular formula is C25H37N3. The summed E-state index contributed by atoms with van der Waals surface area (Å²) in [5.74, 6) is 0.788. The van der Waals surface area contributed by atoms with Gasteiger partial charge in [-0.25, -0.2) is 0 Å². The van der Waals surface area contributed by atoms with Gasteiger partial charge in [-0.2, -0.15) is 0 Å². The lowest BCUT2D eigenvalue weighted by molar-refractivity contribution is 0.141. The molecule has 1 saturated carbocycles. The number of unbranched alkanes of at least 4 members (excludes halogenated alkanes) is 1. The Balaban J connectivity index is 1.55. The third-order valence-corrected chi connectivity index (χ3v) is 7.11. The van der Waals surface area contributed by atoms with Gasteiger partial charge in [0.15, 0.2) is 0 Å². The van der Waals surface area contributed by atoms with Crippen LogP contribution in [0.2, 0.25) is 0 Å². The van der Waals surface area contributed by atoms with Gasteiger partial charge >= 0.3 is 0 Å². The molecule has 4 rings (SSSR count). The molecule has 1 N–H and O–H groups in total. The lowest BCUT2D eigenvalue weighted by Gasteiger charge is -2.41. The van der Waals surface area contributed by atoms with Crippen molar-refractivity contribution in [2.45, 2.75) is 84.7 Å². The van der Waals surface area contributed by atoms with E-state index in [4.69, 9.17) is 4.99 Å². The molecule has 3 unspecified atom stereocenters. The van der Waals surface area contributed by atoms with E-state index >= 15 is 0 Å². The molecule has 28 heavy (non-hydrogen) atoms. The number of hydrogen-bond donors (Lipinski definition) is 1. The van der Waals surface area contributed by atoms with Gasteiger partial charge in [-0.15, -0.1) is 0 Å². The topological polar surface area (TPSA) is 27.6 Å². The first-order valence-electron chi connectivity index (χ1n) is 11.3. The number of rotatable bonds is 7. The molecule has 3 aliphatic rings. The number of hydrogen-bond acceptors (Lipinski definition) is 3. The Morgan fingerprint density at radius 2 is 2.07 bits per heavy atom. The molecular weight excluding hydrogens is 342 g/mol. The highest BCUT2D eigenvalue weighted by atomic mass is 15.3. The van der Waals surface area contributed by atoms with Gasteiger partial charge in [0.2, 0.25) is 0 Å². The summed E-state index contributed by atoms with van der Waals surface area (Å²) in [6.07, 6.45) is 7.39. The average Bonchev–Trinajstić information content (AvgIpc) is 3.32. The summed E-state index contributed by atoms with van der Waals surface area (Å²) < 4.78 is 0. The van der Waals surface area contributed by atoms with Crippen LogP contribution in [0.4, 0.5) is 5.69 Å². The monoisotopic (exact) mass is 379 g/mol. The lowest BCUT2D eigenvalue weighted by Crippen LogP contribution is -2.54. The third-order valence-electron chi connectivity index (χ3n) is 7.11. The van der Waals surface area contributed by atoms with Gasteiger partial charge in [0.1, 0.15) is 0 Å². The van der Waals surface area contributed by atoms with Gasteiger partial charge in [0, 0.05) is 29.5 Å². The molecule has 0 aromatic heterocycles. The van der Waals surface area contributed by atoms with Crippen molar-refractivity contribution < 1.29 is 0 Å². The minimum atomic E-state index is 0.249. The second-order valence-electron chi connectivity index (χ2n) is 9.70. The summed E-state index contributed by atoms with van der Waals surface area (Å²) in [6, 6.07) is 7.41. The number of piperidine rings is 1. The van der Waals surface area contributed by atoms with Crippen molar-refractivity contribution in [1.29, 1.82) is 0 Å². The first-order valence-corrected chi connectivity index (χ1v) is 11.3. The van der Waals surface area contributed by atoms with Gasteiger partial charge < -0.3 is 5.32 Å². The smallest absolute Gasteiger partial charge is 0.0658 e. The van der Waals surface area contributed by atoms with Crippen molar-refractivity contribution in [1.82, 2.24) is 10.2 Å². The van der Waals surface area contributed by atoms with E-state index in [1.165, 1.54) is 67.7 Å². The maximum atomic E-state index is 4.89. The summed E-state index contributed by atoms with van der Waals surface area (Å²) >= 11 is 0. The molecule has 1 aromatic rings. The number of nitrogens with zero attached hydrogens (tertiary/aromatic N) is 2. The molecule has 3 fully saturated rings. The summed E-state index contributed by atoms with van der Waals surface area (Å²) in [6.45, 7) is 14.0. The maximum absolute atomic E-state index is 4.89. The zero-order valence-corrected chi connectivity index (χ0v) is 18.4. The van der Waals surface area contributed by atoms with Gasteiger partial charge in [-0.1, -0.05) is 19.4 Å². The van der Waals surface area contributed by atoms with Crippen molar-refractivity contribution in [3.05, 3.63) is 34.9 Å². The number of aryl methyl sites for hydroxylation is 1. The van der Waals surface area contributed by atoms with Crippen LogP contribution >= 0.6 is 0 Å². The highest BCUT2D eigenvalue weighted by molar-refractivity contribution is 5.85. The van der Waals surface area contributed by atoms with E-state index in [0.717, 1.165) is 18.0 Å². The van der Waals surface area contributed by atoms with E-state index in [2.05, 4.69) is 63.0 Å². The second kappa shape index (κ2) is 7.67. The molecule has 0 radical (unpaired) electrons. The van der Waals surface area contributed by atoms with Crippen molar-refractivity contribution in [3.8, 4) is 0 Å². The number of fused-ring (bicyclic) bond motifs is 2.